The average molecular weight is 515 g/mol. The molecule has 0 spiro atoms. The van der Waals surface area contributed by atoms with Crippen molar-refractivity contribution in [2.24, 2.45) is 23.7 Å². The normalized spacial score (nSPS) is 23.1. The van der Waals surface area contributed by atoms with Gasteiger partial charge in [0.25, 0.3) is 0 Å². The summed E-state index contributed by atoms with van der Waals surface area (Å²) in [5, 5.41) is 14.9. The molecule has 0 amide bonds. The van der Waals surface area contributed by atoms with Crippen LogP contribution in [0.2, 0.25) is 0 Å². The van der Waals surface area contributed by atoms with Crippen LogP contribution in [0.15, 0.2) is 16.7 Å². The maximum atomic E-state index is 9.27. The number of fused-ring (bicyclic) bond motifs is 1. The van der Waals surface area contributed by atoms with Crippen LogP contribution >= 0.6 is 24.8 Å². The molecule has 6 nitrogen and oxygen atoms in total. The van der Waals surface area contributed by atoms with Crippen molar-refractivity contribution in [2.45, 2.75) is 51.5 Å². The standard InChI is InChI=1S/C26H39N3O3.2ClH/c1-28(2)15-23-25(31-17-19-3-4-19)8-6-22-24(27-32-26(22)23)7-5-18-9-11-29(12-10-18)14-20-13-21(20)16-30;;/h6,8,18-21,30H,3-5,7,9-17H2,1-2H3;2*1H/t20-,21+;;/m1../s1. The summed E-state index contributed by atoms with van der Waals surface area (Å²) in [7, 11) is 4.17. The van der Waals surface area contributed by atoms with Crippen molar-refractivity contribution >= 4 is 35.8 Å². The Balaban J connectivity index is 0.00000162. The largest absolute Gasteiger partial charge is 0.493 e. The molecule has 0 bridgehead atoms. The molecule has 1 saturated heterocycles. The monoisotopic (exact) mass is 513 g/mol. The molecule has 1 aromatic carbocycles. The highest BCUT2D eigenvalue weighted by Gasteiger charge is 2.37. The summed E-state index contributed by atoms with van der Waals surface area (Å²) in [6, 6.07) is 4.28. The van der Waals surface area contributed by atoms with Gasteiger partial charge in [-0.1, -0.05) is 5.16 Å². The number of hydrogen-bond donors (Lipinski definition) is 1. The zero-order chi connectivity index (χ0) is 22.1. The summed E-state index contributed by atoms with van der Waals surface area (Å²) in [6.45, 7) is 5.57. The molecule has 2 atom stereocenters. The Hall–Kier alpha value is -1.05. The predicted molar refractivity (Wildman–Crippen MR) is 140 cm³/mol. The van der Waals surface area contributed by atoms with Crippen molar-refractivity contribution in [3.8, 4) is 5.75 Å². The molecule has 0 radical (unpaired) electrons. The molecule has 3 aliphatic rings. The fourth-order valence-corrected chi connectivity index (χ4v) is 5.25. The van der Waals surface area contributed by atoms with Crippen LogP contribution in [0.3, 0.4) is 0 Å². The minimum Gasteiger partial charge on any atom is -0.493 e. The highest BCUT2D eigenvalue weighted by Crippen LogP contribution is 2.39. The van der Waals surface area contributed by atoms with Crippen molar-refractivity contribution in [3.63, 3.8) is 0 Å². The number of nitrogens with zero attached hydrogens (tertiary/aromatic N) is 3. The minimum atomic E-state index is 0. The zero-order valence-corrected chi connectivity index (χ0v) is 22.2. The Morgan fingerprint density at radius 3 is 2.50 bits per heavy atom. The van der Waals surface area contributed by atoms with Crippen molar-refractivity contribution < 1.29 is 14.4 Å². The number of aliphatic hydroxyl groups is 1. The second-order valence-electron chi connectivity index (χ2n) is 10.8. The number of halogens is 2. The van der Waals surface area contributed by atoms with Crippen molar-refractivity contribution in [3.05, 3.63) is 23.4 Å². The molecule has 8 heteroatoms. The first-order valence-corrected chi connectivity index (χ1v) is 12.6. The van der Waals surface area contributed by atoms with Gasteiger partial charge in [0.05, 0.1) is 17.9 Å². The van der Waals surface area contributed by atoms with Gasteiger partial charge in [0.2, 0.25) is 0 Å². The summed E-state index contributed by atoms with van der Waals surface area (Å²) in [6.07, 6.45) is 8.52. The molecule has 2 saturated carbocycles. The number of aliphatic hydroxyl groups excluding tert-OH is 1. The lowest BCUT2D eigenvalue weighted by atomic mass is 9.91. The van der Waals surface area contributed by atoms with Gasteiger partial charge in [-0.05, 0) is 108 Å². The van der Waals surface area contributed by atoms with E-state index in [-0.39, 0.29) is 24.8 Å². The van der Waals surface area contributed by atoms with Crippen LogP contribution in [-0.2, 0) is 13.0 Å². The van der Waals surface area contributed by atoms with E-state index >= 15 is 0 Å². The zero-order valence-electron chi connectivity index (χ0n) is 20.6. The molecule has 1 aromatic heterocycles. The summed E-state index contributed by atoms with van der Waals surface area (Å²) in [4.78, 5) is 4.78. The van der Waals surface area contributed by atoms with Crippen LogP contribution in [0.25, 0.3) is 11.0 Å². The molecule has 1 N–H and O–H groups in total. The maximum Gasteiger partial charge on any atom is 0.175 e. The van der Waals surface area contributed by atoms with E-state index in [1.807, 2.05) is 0 Å². The molecule has 2 heterocycles. The summed E-state index contributed by atoms with van der Waals surface area (Å²) in [5.74, 6) is 3.77. The molecule has 3 fully saturated rings. The van der Waals surface area contributed by atoms with Gasteiger partial charge in [-0.2, -0.15) is 0 Å². The lowest BCUT2D eigenvalue weighted by molar-refractivity contribution is 0.166. The number of likely N-dealkylation sites (tertiary alicyclic amines) is 1. The first kappa shape index (κ1) is 27.5. The Morgan fingerprint density at radius 1 is 1.09 bits per heavy atom. The Bertz CT molecular complexity index is 910. The van der Waals surface area contributed by atoms with Gasteiger partial charge in [-0.15, -0.1) is 24.8 Å². The number of hydrogen-bond acceptors (Lipinski definition) is 6. The second kappa shape index (κ2) is 12.3. The van der Waals surface area contributed by atoms with Crippen LogP contribution in [-0.4, -0.2) is 67.0 Å². The molecule has 34 heavy (non-hydrogen) atoms. The molecule has 2 aromatic rings. The van der Waals surface area contributed by atoms with Crippen LogP contribution < -0.4 is 4.74 Å². The number of rotatable bonds is 11. The van der Waals surface area contributed by atoms with E-state index < -0.39 is 0 Å². The average Bonchev–Trinajstić information content (AvgIpc) is 3.71. The van der Waals surface area contributed by atoms with Gasteiger partial charge in [-0.25, -0.2) is 0 Å². The van der Waals surface area contributed by atoms with Gasteiger partial charge >= 0.3 is 0 Å². The number of aryl methyl sites for hydroxylation is 1. The van der Waals surface area contributed by atoms with Gasteiger partial charge in [0, 0.05) is 25.1 Å². The molecular weight excluding hydrogens is 473 g/mol. The van der Waals surface area contributed by atoms with Gasteiger partial charge in [-0.3, -0.25) is 0 Å². The molecule has 1 aliphatic heterocycles. The number of ether oxygens (including phenoxy) is 1. The van der Waals surface area contributed by atoms with Gasteiger partial charge in [0.1, 0.15) is 5.75 Å². The summed E-state index contributed by atoms with van der Waals surface area (Å²) >= 11 is 0. The van der Waals surface area contributed by atoms with Gasteiger partial charge < -0.3 is 24.2 Å². The highest BCUT2D eigenvalue weighted by atomic mass is 35.5. The fourth-order valence-electron chi connectivity index (χ4n) is 5.25. The molecule has 5 rings (SSSR count). The van der Waals surface area contributed by atoms with E-state index in [2.05, 4.69) is 41.2 Å². The molecule has 2 aliphatic carbocycles. The first-order chi connectivity index (χ1) is 15.6. The lowest BCUT2D eigenvalue weighted by Crippen LogP contribution is -2.35. The van der Waals surface area contributed by atoms with Crippen LogP contribution in [0.4, 0.5) is 0 Å². The smallest absolute Gasteiger partial charge is 0.175 e. The van der Waals surface area contributed by atoms with E-state index in [1.165, 1.54) is 58.2 Å². The van der Waals surface area contributed by atoms with Crippen LogP contribution in [0.1, 0.15) is 49.8 Å². The number of benzene rings is 1. The van der Waals surface area contributed by atoms with Crippen molar-refractivity contribution in [2.75, 3.05) is 46.9 Å². The van der Waals surface area contributed by atoms with Crippen molar-refractivity contribution in [1.29, 1.82) is 0 Å². The van der Waals surface area contributed by atoms with Crippen LogP contribution in [0, 0.1) is 23.7 Å². The first-order valence-electron chi connectivity index (χ1n) is 12.6. The molecule has 192 valence electrons. The van der Waals surface area contributed by atoms with Crippen molar-refractivity contribution in [1.82, 2.24) is 15.0 Å². The van der Waals surface area contributed by atoms with E-state index in [1.54, 1.807) is 0 Å². The van der Waals surface area contributed by atoms with E-state index in [9.17, 15) is 5.11 Å². The van der Waals surface area contributed by atoms with E-state index in [4.69, 9.17) is 9.26 Å². The number of piperidine rings is 1. The minimum absolute atomic E-state index is 0. The van der Waals surface area contributed by atoms with Crippen LogP contribution in [0.5, 0.6) is 5.75 Å². The third-order valence-electron chi connectivity index (χ3n) is 7.71. The topological polar surface area (TPSA) is 62.0 Å². The van der Waals surface area contributed by atoms with Gasteiger partial charge in [0.15, 0.2) is 5.58 Å². The highest BCUT2D eigenvalue weighted by molar-refractivity contribution is 5.86. The fraction of sp³-hybridized carbons (Fsp3) is 0.731. The summed E-state index contributed by atoms with van der Waals surface area (Å²) in [5.41, 5.74) is 3.13. The van der Waals surface area contributed by atoms with E-state index in [0.717, 1.165) is 65.3 Å². The number of aromatic nitrogens is 1. The van der Waals surface area contributed by atoms with E-state index in [0.29, 0.717) is 12.5 Å². The Kier molecular flexibility index (Phi) is 9.93. The third-order valence-corrected chi connectivity index (χ3v) is 7.71. The maximum absolute atomic E-state index is 9.27. The summed E-state index contributed by atoms with van der Waals surface area (Å²) < 4.78 is 12.0. The molecule has 0 unspecified atom stereocenters. The quantitative estimate of drug-likeness (QED) is 0.465. The Labute approximate surface area is 216 Å². The third kappa shape index (κ3) is 6.79. The molecular formula is C26H41Cl2N3O3. The lowest BCUT2D eigenvalue weighted by Gasteiger charge is -2.32. The second-order valence-corrected chi connectivity index (χ2v) is 10.8. The Morgan fingerprint density at radius 2 is 1.85 bits per heavy atom. The SMILES string of the molecule is CN(C)Cc1c(OCC2CC2)ccc2c(CCC3CCN(C[C@H]4C[C@H]4CO)CC3)noc12.Cl.Cl. The predicted octanol–water partition coefficient (Wildman–Crippen LogP) is 4.79.